The van der Waals surface area contributed by atoms with Gasteiger partial charge in [0.2, 0.25) is 0 Å². The Hall–Kier alpha value is -1.03. The smallest absolute Gasteiger partial charge is 0.0689 e. The van der Waals surface area contributed by atoms with Crippen LogP contribution in [0.4, 0.5) is 0 Å². The molecular weight excluding hydrogens is 266 g/mol. The first kappa shape index (κ1) is 15.9. The number of allylic oxidation sites excluding steroid dienone is 4. The Balaban J connectivity index is 2.05. The van der Waals surface area contributed by atoms with Crippen molar-refractivity contribution in [1.29, 1.82) is 5.26 Å². The van der Waals surface area contributed by atoms with Crippen molar-refractivity contribution in [1.82, 2.24) is 0 Å². The molecule has 0 aromatic heterocycles. The monoisotopic (exact) mass is 297 g/mol. The van der Waals surface area contributed by atoms with Crippen molar-refractivity contribution >= 4 is 0 Å². The zero-order valence-electron chi connectivity index (χ0n) is 14.9. The van der Waals surface area contributed by atoms with E-state index in [0.29, 0.717) is 17.8 Å². The molecule has 0 saturated heterocycles. The summed E-state index contributed by atoms with van der Waals surface area (Å²) in [7, 11) is 0. The van der Waals surface area contributed by atoms with Gasteiger partial charge in [0.05, 0.1) is 11.5 Å². The Labute approximate surface area is 136 Å². The van der Waals surface area contributed by atoms with E-state index in [1.807, 2.05) is 0 Å². The van der Waals surface area contributed by atoms with E-state index in [1.54, 1.807) is 5.57 Å². The molecule has 0 unspecified atom stereocenters. The highest BCUT2D eigenvalue weighted by Gasteiger charge is 2.55. The van der Waals surface area contributed by atoms with Crippen molar-refractivity contribution in [3.05, 3.63) is 23.3 Å². The molecule has 0 bridgehead atoms. The van der Waals surface area contributed by atoms with Crippen LogP contribution in [0.5, 0.6) is 0 Å². The summed E-state index contributed by atoms with van der Waals surface area (Å²) in [5, 5.41) is 9.81. The third-order valence-electron chi connectivity index (χ3n) is 7.05. The van der Waals surface area contributed by atoms with Gasteiger partial charge in [0.1, 0.15) is 0 Å². The van der Waals surface area contributed by atoms with Gasteiger partial charge in [0.25, 0.3) is 0 Å². The van der Waals surface area contributed by atoms with Gasteiger partial charge in [-0.15, -0.1) is 0 Å². The fourth-order valence-electron chi connectivity index (χ4n) is 6.03. The zero-order valence-corrected chi connectivity index (χ0v) is 14.9. The fraction of sp³-hybridized carbons (Fsp3) is 0.762. The summed E-state index contributed by atoms with van der Waals surface area (Å²) in [6.45, 7) is 11.5. The van der Waals surface area contributed by atoms with Gasteiger partial charge in [0, 0.05) is 0 Å². The van der Waals surface area contributed by atoms with Crippen LogP contribution in [0, 0.1) is 52.3 Å². The number of hydrogen-bond acceptors (Lipinski definition) is 1. The lowest BCUT2D eigenvalue weighted by atomic mass is 9.46. The van der Waals surface area contributed by atoms with E-state index < -0.39 is 0 Å². The van der Waals surface area contributed by atoms with Crippen LogP contribution in [0.15, 0.2) is 23.3 Å². The predicted octanol–water partition coefficient (Wildman–Crippen LogP) is 5.75. The quantitative estimate of drug-likeness (QED) is 0.565. The Morgan fingerprint density at radius 2 is 2.14 bits per heavy atom. The van der Waals surface area contributed by atoms with Crippen LogP contribution < -0.4 is 0 Å². The molecule has 1 nitrogen and oxygen atoms in total. The minimum absolute atomic E-state index is 0.108. The van der Waals surface area contributed by atoms with E-state index in [9.17, 15) is 5.26 Å². The van der Waals surface area contributed by atoms with Crippen LogP contribution in [-0.2, 0) is 0 Å². The van der Waals surface area contributed by atoms with Crippen LogP contribution in [0.2, 0.25) is 0 Å². The van der Waals surface area contributed by atoms with Crippen LogP contribution in [0.3, 0.4) is 0 Å². The number of rotatable bonds is 1. The van der Waals surface area contributed by atoms with Gasteiger partial charge in [-0.1, -0.05) is 30.2 Å². The maximum atomic E-state index is 9.81. The molecule has 7 atom stereocenters. The highest BCUT2D eigenvalue weighted by molar-refractivity contribution is 5.23. The van der Waals surface area contributed by atoms with Crippen molar-refractivity contribution in [3.63, 3.8) is 0 Å². The van der Waals surface area contributed by atoms with Gasteiger partial charge >= 0.3 is 0 Å². The summed E-state index contributed by atoms with van der Waals surface area (Å²) in [4.78, 5) is 0. The lowest BCUT2D eigenvalue weighted by molar-refractivity contribution is -0.0489. The highest BCUT2D eigenvalue weighted by Crippen LogP contribution is 2.61. The molecule has 2 fully saturated rings. The van der Waals surface area contributed by atoms with E-state index in [2.05, 4.69) is 52.8 Å². The van der Waals surface area contributed by atoms with Gasteiger partial charge in [-0.2, -0.15) is 5.26 Å². The average molecular weight is 297 g/mol. The van der Waals surface area contributed by atoms with Crippen LogP contribution in [0.1, 0.15) is 60.3 Å². The summed E-state index contributed by atoms with van der Waals surface area (Å²) in [5.74, 6) is 4.30. The summed E-state index contributed by atoms with van der Waals surface area (Å²) < 4.78 is 0. The molecule has 3 aliphatic rings. The molecule has 0 spiro atoms. The van der Waals surface area contributed by atoms with E-state index in [1.165, 1.54) is 18.4 Å². The van der Waals surface area contributed by atoms with E-state index in [0.717, 1.165) is 30.6 Å². The van der Waals surface area contributed by atoms with Gasteiger partial charge < -0.3 is 0 Å². The second-order valence-electron chi connectivity index (χ2n) is 8.75. The number of hydrogen-bond donors (Lipinski definition) is 0. The van der Waals surface area contributed by atoms with Gasteiger partial charge in [0.15, 0.2) is 0 Å². The minimum Gasteiger partial charge on any atom is -0.198 e. The molecule has 22 heavy (non-hydrogen) atoms. The molecule has 0 aromatic carbocycles. The molecular formula is C21H31N. The molecule has 0 heterocycles. The first-order chi connectivity index (χ1) is 10.4. The minimum atomic E-state index is -0.108. The van der Waals surface area contributed by atoms with E-state index in [-0.39, 0.29) is 5.41 Å². The molecule has 120 valence electrons. The summed E-state index contributed by atoms with van der Waals surface area (Å²) in [6.07, 6.45) is 9.81. The third kappa shape index (κ3) is 2.36. The van der Waals surface area contributed by atoms with Gasteiger partial charge in [-0.05, 0) is 88.9 Å². The molecule has 3 aliphatic carbocycles. The normalized spacial score (nSPS) is 47.0. The predicted molar refractivity (Wildman–Crippen MR) is 92.0 cm³/mol. The molecule has 0 N–H and O–H groups in total. The molecule has 0 amide bonds. The van der Waals surface area contributed by atoms with Gasteiger partial charge in [-0.25, -0.2) is 0 Å². The molecule has 3 rings (SSSR count). The Morgan fingerprint density at radius 1 is 1.41 bits per heavy atom. The Morgan fingerprint density at radius 3 is 2.77 bits per heavy atom. The van der Waals surface area contributed by atoms with E-state index in [4.69, 9.17) is 0 Å². The van der Waals surface area contributed by atoms with Crippen molar-refractivity contribution in [2.45, 2.75) is 60.3 Å². The third-order valence-corrected chi connectivity index (χ3v) is 7.05. The van der Waals surface area contributed by atoms with Crippen LogP contribution in [-0.4, -0.2) is 0 Å². The second kappa shape index (κ2) is 5.55. The maximum Gasteiger partial charge on any atom is 0.0689 e. The van der Waals surface area contributed by atoms with Crippen LogP contribution >= 0.6 is 0 Å². The lowest BCUT2D eigenvalue weighted by Gasteiger charge is -2.58. The summed E-state index contributed by atoms with van der Waals surface area (Å²) in [6, 6.07) is 2.71. The fourth-order valence-corrected chi connectivity index (χ4v) is 6.03. The van der Waals surface area contributed by atoms with Gasteiger partial charge in [-0.3, -0.25) is 0 Å². The molecule has 0 aromatic rings. The maximum absolute atomic E-state index is 9.81. The first-order valence-electron chi connectivity index (χ1n) is 9.10. The molecule has 0 radical (unpaired) electrons. The Bertz CT molecular complexity index is 545. The molecule has 2 saturated carbocycles. The molecule has 1 heteroatoms. The second-order valence-corrected chi connectivity index (χ2v) is 8.75. The standard InChI is InChI=1S/C21H31N/c1-13(2)10-16-11-15(4)17-8-9-21(5,12-22)18-7-6-14(3)19(16)20(17)18/h6,10,15-20H,7-9,11H2,1-5H3/t15-,16-,17+,18-,19-,20-,21+/m0/s1. The summed E-state index contributed by atoms with van der Waals surface area (Å²) >= 11 is 0. The first-order valence-corrected chi connectivity index (χ1v) is 9.10. The Kier molecular flexibility index (Phi) is 4.00. The van der Waals surface area contributed by atoms with Crippen molar-refractivity contribution in [2.75, 3.05) is 0 Å². The molecule has 0 aliphatic heterocycles. The van der Waals surface area contributed by atoms with Crippen molar-refractivity contribution in [3.8, 4) is 6.07 Å². The average Bonchev–Trinajstić information content (AvgIpc) is 2.45. The largest absolute Gasteiger partial charge is 0.198 e. The number of nitriles is 1. The van der Waals surface area contributed by atoms with Crippen LogP contribution in [0.25, 0.3) is 0 Å². The highest BCUT2D eigenvalue weighted by atomic mass is 14.6. The van der Waals surface area contributed by atoms with Crippen molar-refractivity contribution < 1.29 is 0 Å². The number of nitrogens with zero attached hydrogens (tertiary/aromatic N) is 1. The summed E-state index contributed by atoms with van der Waals surface area (Å²) in [5.41, 5.74) is 2.94. The SMILES string of the molecule is CC(C)=C[C@H]1C[C@H](C)[C@H]2CC[C@](C)(C#N)[C@H]3CC=C(C)[C@@H]1[C@@H]23. The van der Waals surface area contributed by atoms with E-state index >= 15 is 0 Å². The van der Waals surface area contributed by atoms with Crippen molar-refractivity contribution in [2.24, 2.45) is 40.9 Å². The topological polar surface area (TPSA) is 23.8 Å². The zero-order chi connectivity index (χ0) is 16.1. The lowest BCUT2D eigenvalue weighted by Crippen LogP contribution is -2.52.